The Balaban J connectivity index is 2.08. The predicted octanol–water partition coefficient (Wildman–Crippen LogP) is 2.25. The molecule has 2 aromatic rings. The lowest BCUT2D eigenvalue weighted by atomic mass is 10.1. The third kappa shape index (κ3) is 2.66. The molecule has 0 bridgehead atoms. The van der Waals surface area contributed by atoms with Gasteiger partial charge in [0.2, 0.25) is 0 Å². The fraction of sp³-hybridized carbons (Fsp3) is 0.417. The monoisotopic (exact) mass is 216 g/mol. The summed E-state index contributed by atoms with van der Waals surface area (Å²) in [5.41, 5.74) is 1.03. The number of pyridine rings is 1. The van der Waals surface area contributed by atoms with E-state index in [1.807, 2.05) is 24.4 Å². The first-order valence-electron chi connectivity index (χ1n) is 5.58. The molecule has 2 heterocycles. The van der Waals surface area contributed by atoms with Crippen LogP contribution in [0.5, 0.6) is 0 Å². The highest BCUT2D eigenvalue weighted by Crippen LogP contribution is 2.08. The molecule has 16 heavy (non-hydrogen) atoms. The van der Waals surface area contributed by atoms with Crippen LogP contribution in [0.25, 0.3) is 5.82 Å². The van der Waals surface area contributed by atoms with Crippen molar-refractivity contribution >= 4 is 0 Å². The number of aryl methyl sites for hydroxylation is 1. The summed E-state index contributed by atoms with van der Waals surface area (Å²) in [6, 6.07) is 5.75. The normalized spacial score (nSPS) is 10.9. The molecule has 4 heteroatoms. The minimum absolute atomic E-state index is 0.694. The van der Waals surface area contributed by atoms with E-state index in [4.69, 9.17) is 0 Å². The maximum atomic E-state index is 4.22. The summed E-state index contributed by atoms with van der Waals surface area (Å²) in [4.78, 5) is 4.22. The highest BCUT2D eigenvalue weighted by atomic mass is 15.4. The molecule has 0 saturated carbocycles. The smallest absolute Gasteiger partial charge is 0.155 e. The van der Waals surface area contributed by atoms with Crippen LogP contribution in [0.15, 0.2) is 30.6 Å². The summed E-state index contributed by atoms with van der Waals surface area (Å²) in [6.07, 6.45) is 5.82. The van der Waals surface area contributed by atoms with Crippen LogP contribution in [-0.4, -0.2) is 20.0 Å². The van der Waals surface area contributed by atoms with Crippen molar-refractivity contribution in [3.63, 3.8) is 0 Å². The Morgan fingerprint density at radius 3 is 2.88 bits per heavy atom. The first kappa shape index (κ1) is 10.8. The zero-order chi connectivity index (χ0) is 11.4. The summed E-state index contributed by atoms with van der Waals surface area (Å²) >= 11 is 0. The Kier molecular flexibility index (Phi) is 3.29. The Morgan fingerprint density at radius 2 is 2.19 bits per heavy atom. The van der Waals surface area contributed by atoms with Crippen molar-refractivity contribution in [3.05, 3.63) is 36.3 Å². The average molecular weight is 216 g/mol. The number of hydrogen-bond donors (Lipinski definition) is 0. The van der Waals surface area contributed by atoms with Crippen molar-refractivity contribution in [2.45, 2.75) is 26.7 Å². The van der Waals surface area contributed by atoms with Gasteiger partial charge in [-0.1, -0.05) is 25.1 Å². The van der Waals surface area contributed by atoms with E-state index >= 15 is 0 Å². The van der Waals surface area contributed by atoms with Crippen molar-refractivity contribution in [3.8, 4) is 5.82 Å². The molecule has 84 valence electrons. The second-order valence-corrected chi connectivity index (χ2v) is 4.27. The molecule has 0 N–H and O–H groups in total. The van der Waals surface area contributed by atoms with Crippen LogP contribution in [0, 0.1) is 5.92 Å². The standard InChI is InChI=1S/C12H16N4/c1-10(2)6-7-11-9-16(15-14-11)12-5-3-4-8-13-12/h3-5,8-10H,6-7H2,1-2H3. The molecule has 0 aliphatic heterocycles. The van der Waals surface area contributed by atoms with Crippen LogP contribution in [-0.2, 0) is 6.42 Å². The highest BCUT2D eigenvalue weighted by molar-refractivity contribution is 5.19. The molecule has 0 saturated heterocycles. The molecule has 0 aliphatic carbocycles. The lowest BCUT2D eigenvalue weighted by Crippen LogP contribution is -1.96. The van der Waals surface area contributed by atoms with Gasteiger partial charge in [0.05, 0.1) is 11.9 Å². The highest BCUT2D eigenvalue weighted by Gasteiger charge is 2.04. The Labute approximate surface area is 95.3 Å². The van der Waals surface area contributed by atoms with E-state index in [-0.39, 0.29) is 0 Å². The van der Waals surface area contributed by atoms with Gasteiger partial charge in [-0.2, -0.15) is 0 Å². The minimum Gasteiger partial charge on any atom is -0.237 e. The largest absolute Gasteiger partial charge is 0.237 e. The Bertz CT molecular complexity index is 433. The number of aromatic nitrogens is 4. The van der Waals surface area contributed by atoms with E-state index in [9.17, 15) is 0 Å². The van der Waals surface area contributed by atoms with Gasteiger partial charge in [0.15, 0.2) is 5.82 Å². The molecule has 0 atom stereocenters. The van der Waals surface area contributed by atoms with Crippen LogP contribution < -0.4 is 0 Å². The summed E-state index contributed by atoms with van der Waals surface area (Å²) < 4.78 is 1.72. The zero-order valence-electron chi connectivity index (χ0n) is 9.67. The first-order chi connectivity index (χ1) is 7.75. The van der Waals surface area contributed by atoms with Crippen LogP contribution in [0.2, 0.25) is 0 Å². The molecule has 0 radical (unpaired) electrons. The van der Waals surface area contributed by atoms with Crippen LogP contribution in [0.4, 0.5) is 0 Å². The second kappa shape index (κ2) is 4.88. The topological polar surface area (TPSA) is 43.6 Å². The molecule has 0 spiro atoms. The van der Waals surface area contributed by atoms with Gasteiger partial charge in [-0.05, 0) is 30.9 Å². The maximum Gasteiger partial charge on any atom is 0.155 e. The predicted molar refractivity (Wildman–Crippen MR) is 62.3 cm³/mol. The van der Waals surface area contributed by atoms with Gasteiger partial charge in [0, 0.05) is 6.20 Å². The molecule has 0 aromatic carbocycles. The molecule has 0 unspecified atom stereocenters. The molecule has 4 nitrogen and oxygen atoms in total. The van der Waals surface area contributed by atoms with E-state index < -0.39 is 0 Å². The minimum atomic E-state index is 0.694. The SMILES string of the molecule is CC(C)CCc1cn(-c2ccccn2)nn1. The van der Waals surface area contributed by atoms with Crippen LogP contribution in [0.1, 0.15) is 26.0 Å². The van der Waals surface area contributed by atoms with Crippen molar-refractivity contribution in [1.29, 1.82) is 0 Å². The quantitative estimate of drug-likeness (QED) is 0.787. The number of hydrogen-bond acceptors (Lipinski definition) is 3. The molecule has 0 fully saturated rings. The van der Waals surface area contributed by atoms with Gasteiger partial charge >= 0.3 is 0 Å². The molecule has 0 amide bonds. The van der Waals surface area contributed by atoms with Gasteiger partial charge in [-0.3, -0.25) is 0 Å². The zero-order valence-corrected chi connectivity index (χ0v) is 9.67. The number of rotatable bonds is 4. The van der Waals surface area contributed by atoms with Gasteiger partial charge in [0.1, 0.15) is 0 Å². The Morgan fingerprint density at radius 1 is 1.31 bits per heavy atom. The third-order valence-electron chi connectivity index (χ3n) is 2.40. The average Bonchev–Trinajstić information content (AvgIpc) is 2.76. The molecular weight excluding hydrogens is 200 g/mol. The molecule has 0 aliphatic rings. The lowest BCUT2D eigenvalue weighted by molar-refractivity contribution is 0.581. The third-order valence-corrected chi connectivity index (χ3v) is 2.40. The van der Waals surface area contributed by atoms with Gasteiger partial charge in [0.25, 0.3) is 0 Å². The van der Waals surface area contributed by atoms with Crippen molar-refractivity contribution < 1.29 is 0 Å². The van der Waals surface area contributed by atoms with E-state index in [1.165, 1.54) is 0 Å². The fourth-order valence-electron chi connectivity index (χ4n) is 1.45. The van der Waals surface area contributed by atoms with E-state index in [2.05, 4.69) is 29.1 Å². The van der Waals surface area contributed by atoms with E-state index in [1.54, 1.807) is 10.9 Å². The second-order valence-electron chi connectivity index (χ2n) is 4.27. The van der Waals surface area contributed by atoms with E-state index in [0.29, 0.717) is 5.92 Å². The van der Waals surface area contributed by atoms with E-state index in [0.717, 1.165) is 24.4 Å². The Hall–Kier alpha value is -1.71. The van der Waals surface area contributed by atoms with Crippen LogP contribution in [0.3, 0.4) is 0 Å². The van der Waals surface area contributed by atoms with Crippen molar-refractivity contribution in [1.82, 2.24) is 20.0 Å². The van der Waals surface area contributed by atoms with Crippen LogP contribution >= 0.6 is 0 Å². The van der Waals surface area contributed by atoms with Gasteiger partial charge in [-0.25, -0.2) is 9.67 Å². The number of nitrogens with zero attached hydrogens (tertiary/aromatic N) is 4. The van der Waals surface area contributed by atoms with Gasteiger partial charge < -0.3 is 0 Å². The maximum absolute atomic E-state index is 4.22. The summed E-state index contributed by atoms with van der Waals surface area (Å²) in [7, 11) is 0. The fourth-order valence-corrected chi connectivity index (χ4v) is 1.45. The summed E-state index contributed by atoms with van der Waals surface area (Å²) in [5, 5.41) is 8.21. The molecular formula is C12H16N4. The molecule has 2 aromatic heterocycles. The van der Waals surface area contributed by atoms with Crippen molar-refractivity contribution in [2.24, 2.45) is 5.92 Å². The first-order valence-corrected chi connectivity index (χ1v) is 5.58. The van der Waals surface area contributed by atoms with Gasteiger partial charge in [-0.15, -0.1) is 5.10 Å². The summed E-state index contributed by atoms with van der Waals surface area (Å²) in [6.45, 7) is 4.42. The molecule has 2 rings (SSSR count). The van der Waals surface area contributed by atoms with Crippen molar-refractivity contribution in [2.75, 3.05) is 0 Å². The summed E-state index contributed by atoms with van der Waals surface area (Å²) in [5.74, 6) is 1.51. The lowest BCUT2D eigenvalue weighted by Gasteiger charge is -2.00.